The van der Waals surface area contributed by atoms with E-state index in [-0.39, 0.29) is 10.9 Å². The number of thiocarbonyl (C=S) groups is 1. The highest BCUT2D eigenvalue weighted by molar-refractivity contribution is 7.80. The second-order valence-corrected chi connectivity index (χ2v) is 7.63. The zero-order valence-corrected chi connectivity index (χ0v) is 19.7. The van der Waals surface area contributed by atoms with Crippen molar-refractivity contribution in [2.45, 2.75) is 26.8 Å². The van der Waals surface area contributed by atoms with E-state index in [0.29, 0.717) is 37.7 Å². The summed E-state index contributed by atoms with van der Waals surface area (Å²) in [6, 6.07) is 7.11. The van der Waals surface area contributed by atoms with Gasteiger partial charge in [-0.1, -0.05) is 6.07 Å². The van der Waals surface area contributed by atoms with E-state index in [1.54, 1.807) is 0 Å². The van der Waals surface area contributed by atoms with Gasteiger partial charge < -0.3 is 20.1 Å². The molecule has 3 aromatic rings. The number of hydrogen-bond donors (Lipinski definition) is 2. The number of hydrogen-bond acceptors (Lipinski definition) is 4. The Morgan fingerprint density at radius 1 is 0.914 bits per heavy atom. The van der Waals surface area contributed by atoms with Crippen LogP contribution >= 0.6 is 12.2 Å². The number of rotatable bonds is 10. The van der Waals surface area contributed by atoms with Gasteiger partial charge in [-0.3, -0.25) is 4.68 Å². The molecule has 0 bridgehead atoms. The third-order valence-corrected chi connectivity index (χ3v) is 5.06. The molecule has 35 heavy (non-hydrogen) atoms. The van der Waals surface area contributed by atoms with Crippen LogP contribution in [-0.4, -0.2) is 34.7 Å². The van der Waals surface area contributed by atoms with E-state index in [0.717, 1.165) is 10.2 Å². The van der Waals surface area contributed by atoms with Crippen LogP contribution in [0.2, 0.25) is 0 Å². The Morgan fingerprint density at radius 3 is 2.20 bits per heavy atom. The average molecular weight is 515 g/mol. The predicted molar refractivity (Wildman–Crippen MR) is 124 cm³/mol. The minimum Gasteiger partial charge on any atom is -0.490 e. The lowest BCUT2D eigenvalue weighted by molar-refractivity contribution is 0.287. The maximum Gasteiger partial charge on any atom is 0.200 e. The summed E-state index contributed by atoms with van der Waals surface area (Å²) in [5.41, 5.74) is 0.0119. The molecular formula is C23H23F5N4O2S. The second-order valence-electron chi connectivity index (χ2n) is 7.23. The molecule has 0 radical (unpaired) electrons. The lowest BCUT2D eigenvalue weighted by atomic mass is 10.1. The van der Waals surface area contributed by atoms with Gasteiger partial charge in [0, 0.05) is 18.8 Å². The standard InChI is InChI=1S/C23H23F5N4O2S/c1-3-33-15-6-5-13(11-16(15)34-4-2)7-9-29-23(35)30-17-8-10-32(31-17)12-14-18(24)20(26)22(28)21(27)19(14)25/h5-6,8,10-11H,3-4,7,9,12H2,1-2H3,(H2,29,30,31,35). The van der Waals surface area contributed by atoms with Crippen LogP contribution in [0.4, 0.5) is 27.8 Å². The molecule has 0 spiro atoms. The van der Waals surface area contributed by atoms with Crippen molar-refractivity contribution in [3.8, 4) is 11.5 Å². The van der Waals surface area contributed by atoms with Crippen molar-refractivity contribution in [1.82, 2.24) is 15.1 Å². The minimum atomic E-state index is -2.21. The molecule has 188 valence electrons. The molecule has 1 aromatic heterocycles. The van der Waals surface area contributed by atoms with Gasteiger partial charge in [0.15, 0.2) is 45.7 Å². The maximum absolute atomic E-state index is 13.9. The molecule has 0 atom stereocenters. The monoisotopic (exact) mass is 514 g/mol. The molecular weight excluding hydrogens is 491 g/mol. The molecule has 0 fully saturated rings. The summed E-state index contributed by atoms with van der Waals surface area (Å²) in [7, 11) is 0. The van der Waals surface area contributed by atoms with Crippen LogP contribution < -0.4 is 20.1 Å². The average Bonchev–Trinajstić information content (AvgIpc) is 3.28. The van der Waals surface area contributed by atoms with Crippen molar-refractivity contribution in [2.24, 2.45) is 0 Å². The van der Waals surface area contributed by atoms with Crippen molar-refractivity contribution in [3.63, 3.8) is 0 Å². The first kappa shape index (κ1) is 26.2. The molecule has 0 amide bonds. The zero-order chi connectivity index (χ0) is 25.5. The van der Waals surface area contributed by atoms with Crippen LogP contribution in [0.5, 0.6) is 11.5 Å². The molecule has 0 aliphatic rings. The Bertz CT molecular complexity index is 1180. The van der Waals surface area contributed by atoms with Gasteiger partial charge in [0.25, 0.3) is 0 Å². The summed E-state index contributed by atoms with van der Waals surface area (Å²) in [5, 5.41) is 10.1. The fourth-order valence-corrected chi connectivity index (χ4v) is 3.41. The Hall–Kier alpha value is -3.41. The minimum absolute atomic E-state index is 0.228. The molecule has 2 N–H and O–H groups in total. The summed E-state index contributed by atoms with van der Waals surface area (Å²) in [5.74, 6) is -8.45. The van der Waals surface area contributed by atoms with E-state index >= 15 is 0 Å². The van der Waals surface area contributed by atoms with E-state index in [1.165, 1.54) is 12.3 Å². The number of ether oxygens (including phenoxy) is 2. The van der Waals surface area contributed by atoms with Crippen LogP contribution in [0.3, 0.4) is 0 Å². The Kier molecular flexibility index (Phi) is 8.85. The maximum atomic E-state index is 13.9. The number of nitrogens with one attached hydrogen (secondary N) is 2. The van der Waals surface area contributed by atoms with Gasteiger partial charge in [-0.2, -0.15) is 5.10 Å². The third-order valence-electron chi connectivity index (χ3n) is 4.81. The number of nitrogens with zero attached hydrogens (tertiary/aromatic N) is 2. The Morgan fingerprint density at radius 2 is 1.54 bits per heavy atom. The summed E-state index contributed by atoms with van der Waals surface area (Å²) in [6.45, 7) is 4.64. The summed E-state index contributed by atoms with van der Waals surface area (Å²) < 4.78 is 80.0. The fraction of sp³-hybridized carbons (Fsp3) is 0.304. The largest absolute Gasteiger partial charge is 0.490 e. The molecule has 0 unspecified atom stereocenters. The van der Waals surface area contributed by atoms with E-state index < -0.39 is 41.2 Å². The van der Waals surface area contributed by atoms with Crippen molar-refractivity contribution >= 4 is 23.1 Å². The summed E-state index contributed by atoms with van der Waals surface area (Å²) >= 11 is 5.23. The first-order valence-electron chi connectivity index (χ1n) is 10.7. The summed E-state index contributed by atoms with van der Waals surface area (Å²) in [4.78, 5) is 0. The molecule has 1 heterocycles. The fourth-order valence-electron chi connectivity index (χ4n) is 3.20. The van der Waals surface area contributed by atoms with Gasteiger partial charge in [0.2, 0.25) is 5.82 Å². The van der Waals surface area contributed by atoms with Crippen molar-refractivity contribution in [1.29, 1.82) is 0 Å². The normalized spacial score (nSPS) is 10.8. The SMILES string of the molecule is CCOc1ccc(CCNC(=S)Nc2ccn(Cc3c(F)c(F)c(F)c(F)c3F)n2)cc1OCC. The topological polar surface area (TPSA) is 60.3 Å². The van der Waals surface area contributed by atoms with Crippen LogP contribution in [0.15, 0.2) is 30.5 Å². The van der Waals surface area contributed by atoms with Crippen molar-refractivity contribution in [3.05, 3.63) is 70.7 Å². The van der Waals surface area contributed by atoms with Gasteiger partial charge >= 0.3 is 0 Å². The van der Waals surface area contributed by atoms with E-state index in [9.17, 15) is 22.0 Å². The summed E-state index contributed by atoms with van der Waals surface area (Å²) in [6.07, 6.45) is 1.95. The van der Waals surface area contributed by atoms with Crippen molar-refractivity contribution in [2.75, 3.05) is 25.1 Å². The number of aromatic nitrogens is 2. The Balaban J connectivity index is 1.55. The van der Waals surface area contributed by atoms with E-state index in [1.807, 2.05) is 32.0 Å². The van der Waals surface area contributed by atoms with Gasteiger partial charge in [0.05, 0.1) is 25.3 Å². The quantitative estimate of drug-likeness (QED) is 0.173. The zero-order valence-electron chi connectivity index (χ0n) is 18.9. The highest BCUT2D eigenvalue weighted by Gasteiger charge is 2.25. The molecule has 12 heteroatoms. The highest BCUT2D eigenvalue weighted by Crippen LogP contribution is 2.28. The number of halogens is 5. The lowest BCUT2D eigenvalue weighted by Crippen LogP contribution is -2.30. The van der Waals surface area contributed by atoms with E-state index in [2.05, 4.69) is 15.7 Å². The first-order valence-corrected chi connectivity index (χ1v) is 11.1. The van der Waals surface area contributed by atoms with Gasteiger partial charge in [-0.25, -0.2) is 22.0 Å². The lowest BCUT2D eigenvalue weighted by Gasteiger charge is -2.13. The predicted octanol–water partition coefficient (Wildman–Crippen LogP) is 4.95. The van der Waals surface area contributed by atoms with Crippen molar-refractivity contribution < 1.29 is 31.4 Å². The molecule has 6 nitrogen and oxygen atoms in total. The van der Waals surface area contributed by atoms with Gasteiger partial charge in [-0.15, -0.1) is 0 Å². The smallest absolute Gasteiger partial charge is 0.200 e. The third kappa shape index (κ3) is 6.38. The van der Waals surface area contributed by atoms with E-state index in [4.69, 9.17) is 21.7 Å². The Labute approximate surface area is 204 Å². The van der Waals surface area contributed by atoms with Crippen LogP contribution in [0.1, 0.15) is 25.0 Å². The molecule has 0 aliphatic heterocycles. The molecule has 2 aromatic carbocycles. The molecule has 3 rings (SSSR count). The molecule has 0 saturated heterocycles. The second kappa shape index (κ2) is 11.8. The van der Waals surface area contributed by atoms with Gasteiger partial charge in [0.1, 0.15) is 0 Å². The molecule has 0 saturated carbocycles. The first-order chi connectivity index (χ1) is 16.7. The molecule has 0 aliphatic carbocycles. The van der Waals surface area contributed by atoms with Gasteiger partial charge in [-0.05, 0) is 50.2 Å². The number of anilines is 1. The highest BCUT2D eigenvalue weighted by atomic mass is 32.1. The van der Waals surface area contributed by atoms with Crippen LogP contribution in [0, 0.1) is 29.1 Å². The number of benzene rings is 2. The van der Waals surface area contributed by atoms with Crippen LogP contribution in [0.25, 0.3) is 0 Å². The van der Waals surface area contributed by atoms with Crippen LogP contribution in [-0.2, 0) is 13.0 Å².